The Morgan fingerprint density at radius 1 is 1.24 bits per heavy atom. The third-order valence-corrected chi connectivity index (χ3v) is 3.89. The molecule has 0 radical (unpaired) electrons. The third kappa shape index (κ3) is 3.71. The zero-order chi connectivity index (χ0) is 13.3. The first kappa shape index (κ1) is 14.0. The Hall–Kier alpha value is -1.07. The fraction of sp³-hybridized carbons (Fsp3) is 0.500. The molecule has 17 heavy (non-hydrogen) atoms. The lowest BCUT2D eigenvalue weighted by Gasteiger charge is -2.20. The second kappa shape index (κ2) is 4.66. The Bertz CT molecular complexity index is 501. The maximum Gasteiger partial charge on any atom is 0.241 e. The van der Waals surface area contributed by atoms with Crippen LogP contribution >= 0.6 is 0 Å². The van der Waals surface area contributed by atoms with Crippen LogP contribution < -0.4 is 9.46 Å². The molecule has 0 aliphatic carbocycles. The number of sulfonamides is 1. The summed E-state index contributed by atoms with van der Waals surface area (Å²) in [5.41, 5.74) is 0.402. The molecule has 1 aromatic rings. The minimum absolute atomic E-state index is 0.217. The van der Waals surface area contributed by atoms with E-state index in [4.69, 9.17) is 4.74 Å². The smallest absolute Gasteiger partial charge is 0.241 e. The van der Waals surface area contributed by atoms with Crippen LogP contribution in [0.5, 0.6) is 5.75 Å². The molecule has 0 unspecified atom stereocenters. The SMILES string of the molecule is COc1cc(S(=O)(=O)NC(C)(C)C)ccc1C. The van der Waals surface area contributed by atoms with Crippen molar-refractivity contribution in [2.45, 2.75) is 38.1 Å². The molecule has 0 fully saturated rings. The van der Waals surface area contributed by atoms with E-state index in [9.17, 15) is 8.42 Å². The second-order valence-electron chi connectivity index (χ2n) is 4.99. The van der Waals surface area contributed by atoms with Crippen LogP contribution in [-0.2, 0) is 10.0 Å². The number of benzene rings is 1. The quantitative estimate of drug-likeness (QED) is 0.902. The summed E-state index contributed by atoms with van der Waals surface area (Å²) < 4.78 is 31.8. The van der Waals surface area contributed by atoms with Gasteiger partial charge in [-0.15, -0.1) is 0 Å². The van der Waals surface area contributed by atoms with Crippen LogP contribution in [0.15, 0.2) is 23.1 Å². The van der Waals surface area contributed by atoms with Gasteiger partial charge in [-0.25, -0.2) is 13.1 Å². The number of nitrogens with one attached hydrogen (secondary N) is 1. The van der Waals surface area contributed by atoms with Crippen molar-refractivity contribution in [1.29, 1.82) is 0 Å². The van der Waals surface area contributed by atoms with Gasteiger partial charge in [-0.1, -0.05) is 6.07 Å². The monoisotopic (exact) mass is 257 g/mol. The van der Waals surface area contributed by atoms with E-state index < -0.39 is 15.6 Å². The van der Waals surface area contributed by atoms with E-state index in [1.54, 1.807) is 32.9 Å². The molecule has 1 N–H and O–H groups in total. The number of rotatable bonds is 3. The summed E-state index contributed by atoms with van der Waals surface area (Å²) in [5, 5.41) is 0. The van der Waals surface area contributed by atoms with Gasteiger partial charge in [0.15, 0.2) is 0 Å². The minimum atomic E-state index is -3.50. The number of aryl methyl sites for hydroxylation is 1. The Morgan fingerprint density at radius 2 is 1.82 bits per heavy atom. The van der Waals surface area contributed by atoms with Crippen LogP contribution in [0, 0.1) is 6.92 Å². The standard InChI is InChI=1S/C12H19NO3S/c1-9-6-7-10(8-11(9)16-5)17(14,15)13-12(2,3)4/h6-8,13H,1-5H3. The highest BCUT2D eigenvalue weighted by Crippen LogP contribution is 2.22. The maximum atomic E-state index is 12.1. The van der Waals surface area contributed by atoms with Gasteiger partial charge < -0.3 is 4.74 Å². The van der Waals surface area contributed by atoms with Gasteiger partial charge in [-0.05, 0) is 39.3 Å². The Kier molecular flexibility index (Phi) is 3.84. The van der Waals surface area contributed by atoms with Crippen molar-refractivity contribution >= 4 is 10.0 Å². The highest BCUT2D eigenvalue weighted by Gasteiger charge is 2.22. The van der Waals surface area contributed by atoms with E-state index >= 15 is 0 Å². The topological polar surface area (TPSA) is 55.4 Å². The van der Waals surface area contributed by atoms with Crippen molar-refractivity contribution in [2.75, 3.05) is 7.11 Å². The van der Waals surface area contributed by atoms with Crippen molar-refractivity contribution in [3.8, 4) is 5.75 Å². The summed E-state index contributed by atoms with van der Waals surface area (Å²) >= 11 is 0. The number of methoxy groups -OCH3 is 1. The third-order valence-electron chi connectivity index (χ3n) is 2.13. The van der Waals surface area contributed by atoms with Crippen molar-refractivity contribution in [1.82, 2.24) is 4.72 Å². The first-order valence-electron chi connectivity index (χ1n) is 5.34. The summed E-state index contributed by atoms with van der Waals surface area (Å²) in [6, 6.07) is 4.84. The zero-order valence-electron chi connectivity index (χ0n) is 10.9. The Morgan fingerprint density at radius 3 is 2.29 bits per heavy atom. The van der Waals surface area contributed by atoms with E-state index in [0.717, 1.165) is 5.56 Å². The molecule has 0 saturated carbocycles. The Balaban J connectivity index is 3.16. The predicted octanol–water partition coefficient (Wildman–Crippen LogP) is 2.08. The summed E-state index contributed by atoms with van der Waals surface area (Å²) in [5.74, 6) is 0.571. The number of hydrogen-bond acceptors (Lipinski definition) is 3. The van der Waals surface area contributed by atoms with E-state index in [0.29, 0.717) is 5.75 Å². The van der Waals surface area contributed by atoms with Crippen LogP contribution in [0.4, 0.5) is 0 Å². The molecule has 0 amide bonds. The molecule has 1 rings (SSSR count). The second-order valence-corrected chi connectivity index (χ2v) is 6.67. The first-order valence-corrected chi connectivity index (χ1v) is 6.83. The van der Waals surface area contributed by atoms with Gasteiger partial charge in [0.2, 0.25) is 10.0 Å². The maximum absolute atomic E-state index is 12.1. The molecular formula is C12H19NO3S. The molecule has 0 aromatic heterocycles. The number of ether oxygens (including phenoxy) is 1. The molecule has 0 aliphatic rings. The summed E-state index contributed by atoms with van der Waals surface area (Å²) in [6.45, 7) is 7.27. The van der Waals surface area contributed by atoms with Gasteiger partial charge in [0, 0.05) is 11.6 Å². The van der Waals surface area contributed by atoms with E-state index in [1.807, 2.05) is 6.92 Å². The average Bonchev–Trinajstić information content (AvgIpc) is 2.14. The van der Waals surface area contributed by atoms with Crippen molar-refractivity contribution < 1.29 is 13.2 Å². The van der Waals surface area contributed by atoms with Crippen molar-refractivity contribution in [2.24, 2.45) is 0 Å². The summed E-state index contributed by atoms with van der Waals surface area (Å²) in [7, 11) is -1.97. The molecule has 0 saturated heterocycles. The molecule has 0 aliphatic heterocycles. The summed E-state index contributed by atoms with van der Waals surface area (Å²) in [4.78, 5) is 0.217. The molecule has 5 heteroatoms. The minimum Gasteiger partial charge on any atom is -0.496 e. The van der Waals surface area contributed by atoms with Crippen molar-refractivity contribution in [3.05, 3.63) is 23.8 Å². The highest BCUT2D eigenvalue weighted by molar-refractivity contribution is 7.89. The molecule has 1 aromatic carbocycles. The van der Waals surface area contributed by atoms with Gasteiger partial charge >= 0.3 is 0 Å². The molecule has 0 bridgehead atoms. The molecule has 0 heterocycles. The van der Waals surface area contributed by atoms with Crippen LogP contribution in [0.3, 0.4) is 0 Å². The number of hydrogen-bond donors (Lipinski definition) is 1. The van der Waals surface area contributed by atoms with E-state index in [2.05, 4.69) is 4.72 Å². The fourth-order valence-electron chi connectivity index (χ4n) is 1.43. The van der Waals surface area contributed by atoms with Crippen LogP contribution in [0.1, 0.15) is 26.3 Å². The van der Waals surface area contributed by atoms with Crippen LogP contribution in [0.2, 0.25) is 0 Å². The predicted molar refractivity (Wildman–Crippen MR) is 67.8 cm³/mol. The normalized spacial score (nSPS) is 12.5. The van der Waals surface area contributed by atoms with Gasteiger partial charge in [0.05, 0.1) is 12.0 Å². The van der Waals surface area contributed by atoms with Gasteiger partial charge in [-0.3, -0.25) is 0 Å². The zero-order valence-corrected chi connectivity index (χ0v) is 11.7. The van der Waals surface area contributed by atoms with Crippen LogP contribution in [-0.4, -0.2) is 21.1 Å². The lowest BCUT2D eigenvalue weighted by Crippen LogP contribution is -2.40. The van der Waals surface area contributed by atoms with E-state index in [1.165, 1.54) is 13.2 Å². The molecular weight excluding hydrogens is 238 g/mol. The van der Waals surface area contributed by atoms with Gasteiger partial charge in [0.1, 0.15) is 5.75 Å². The molecule has 0 spiro atoms. The average molecular weight is 257 g/mol. The largest absolute Gasteiger partial charge is 0.496 e. The van der Waals surface area contributed by atoms with Gasteiger partial charge in [0.25, 0.3) is 0 Å². The molecule has 4 nitrogen and oxygen atoms in total. The first-order chi connectivity index (χ1) is 7.65. The lowest BCUT2D eigenvalue weighted by atomic mass is 10.1. The molecule has 0 atom stereocenters. The fourth-order valence-corrected chi connectivity index (χ4v) is 2.86. The van der Waals surface area contributed by atoms with Gasteiger partial charge in [-0.2, -0.15) is 0 Å². The Labute approximate surface area is 103 Å². The lowest BCUT2D eigenvalue weighted by molar-refractivity contribution is 0.410. The highest BCUT2D eigenvalue weighted by atomic mass is 32.2. The van der Waals surface area contributed by atoms with Crippen molar-refractivity contribution in [3.63, 3.8) is 0 Å². The van der Waals surface area contributed by atoms with Crippen LogP contribution in [0.25, 0.3) is 0 Å². The van der Waals surface area contributed by atoms with E-state index in [-0.39, 0.29) is 4.90 Å². The summed E-state index contributed by atoms with van der Waals surface area (Å²) in [6.07, 6.45) is 0. The molecule has 96 valence electrons.